The predicted molar refractivity (Wildman–Crippen MR) is 187 cm³/mol. The molecule has 2 aromatic heterocycles. The summed E-state index contributed by atoms with van der Waals surface area (Å²) >= 11 is -1.72. The van der Waals surface area contributed by atoms with E-state index in [1.807, 2.05) is 36.7 Å². The Kier molecular flexibility index (Phi) is 9.80. The van der Waals surface area contributed by atoms with Crippen molar-refractivity contribution in [3.05, 3.63) is 139 Å². The van der Waals surface area contributed by atoms with Crippen molar-refractivity contribution in [1.82, 2.24) is 9.97 Å². The van der Waals surface area contributed by atoms with Gasteiger partial charge in [0.15, 0.2) is 0 Å². The number of hydrogen-bond donors (Lipinski definition) is 0. The molecule has 2 nitrogen and oxygen atoms in total. The molecule has 0 saturated heterocycles. The molecule has 7 aromatic rings. The number of fused-ring (bicyclic) bond motifs is 6. The van der Waals surface area contributed by atoms with E-state index in [9.17, 15) is 0 Å². The first-order valence-corrected chi connectivity index (χ1v) is 22.3. The summed E-state index contributed by atoms with van der Waals surface area (Å²) in [5, 5.41) is 7.64. The van der Waals surface area contributed by atoms with Gasteiger partial charge in [0.2, 0.25) is 0 Å². The van der Waals surface area contributed by atoms with Gasteiger partial charge in [-0.2, -0.15) is 0 Å². The van der Waals surface area contributed by atoms with Crippen molar-refractivity contribution in [2.45, 2.75) is 37.0 Å². The molecule has 0 N–H and O–H groups in total. The van der Waals surface area contributed by atoms with E-state index in [-0.39, 0.29) is 20.1 Å². The molecule has 221 valence electrons. The molecule has 0 atom stereocenters. The second kappa shape index (κ2) is 13.6. The van der Waals surface area contributed by atoms with Crippen molar-refractivity contribution in [3.63, 3.8) is 0 Å². The minimum atomic E-state index is -1.72. The predicted octanol–water partition coefficient (Wildman–Crippen LogP) is 10.2. The van der Waals surface area contributed by atoms with Gasteiger partial charge in [-0.25, -0.2) is 0 Å². The fraction of sp³-hybridized carbons (Fsp3) is 0.150. The van der Waals surface area contributed by atoms with Gasteiger partial charge in [-0.15, -0.1) is 23.8 Å². The van der Waals surface area contributed by atoms with E-state index < -0.39 is 13.3 Å². The van der Waals surface area contributed by atoms with Crippen molar-refractivity contribution in [2.75, 3.05) is 0 Å². The summed E-state index contributed by atoms with van der Waals surface area (Å²) in [5.74, 6) is 7.62. The molecular weight excluding hydrogens is 773 g/mol. The first-order valence-electron chi connectivity index (χ1n) is 14.9. The number of hydrogen-bond acceptors (Lipinski definition) is 2. The summed E-state index contributed by atoms with van der Waals surface area (Å²) in [5.41, 5.74) is 5.41. The van der Waals surface area contributed by atoms with Gasteiger partial charge in [-0.1, -0.05) is 90.2 Å². The van der Waals surface area contributed by atoms with Crippen LogP contribution in [0, 0.1) is 12.1 Å². The van der Waals surface area contributed by atoms with E-state index in [2.05, 4.69) is 138 Å². The van der Waals surface area contributed by atoms with Crippen LogP contribution in [0.2, 0.25) is 17.3 Å². The molecule has 0 spiro atoms. The second-order valence-electron chi connectivity index (χ2n) is 12.4. The van der Waals surface area contributed by atoms with Crippen molar-refractivity contribution in [1.29, 1.82) is 0 Å². The molecule has 4 heteroatoms. The molecule has 0 saturated carbocycles. The van der Waals surface area contributed by atoms with Crippen LogP contribution in [0.15, 0.2) is 122 Å². The molecule has 0 fully saturated rings. The summed E-state index contributed by atoms with van der Waals surface area (Å²) in [6.45, 7) is 4.42. The largest absolute Gasteiger partial charge is 0 e. The maximum atomic E-state index is 4.61. The van der Waals surface area contributed by atoms with Crippen LogP contribution >= 0.6 is 0 Å². The molecule has 0 amide bonds. The van der Waals surface area contributed by atoms with Crippen LogP contribution in [-0.2, 0) is 20.1 Å². The smallest absolute Gasteiger partial charge is 0 e. The molecule has 7 rings (SSSR count). The van der Waals surface area contributed by atoms with E-state index in [0.717, 1.165) is 22.5 Å². The maximum absolute atomic E-state index is 4.61. The SMILES string of the molecule is CC(C)c1ccnc(-c2[c-]cc3c4ccccc4c4ccccc4c3c2)c1.[CH3][Ge]([CH3])([CH3])[c]1ccc(-c2[c-]cccc2)nc1.[Ir]. The average molecular weight is 810 g/mol. The molecule has 44 heavy (non-hydrogen) atoms. The van der Waals surface area contributed by atoms with E-state index in [4.69, 9.17) is 0 Å². The van der Waals surface area contributed by atoms with Gasteiger partial charge in [0.25, 0.3) is 0 Å². The van der Waals surface area contributed by atoms with Crippen LogP contribution in [0.1, 0.15) is 25.3 Å². The van der Waals surface area contributed by atoms with Gasteiger partial charge in [-0.3, -0.25) is 0 Å². The molecule has 0 bridgehead atoms. The molecule has 2 heterocycles. The Hall–Kier alpha value is -3.63. The van der Waals surface area contributed by atoms with Gasteiger partial charge < -0.3 is 4.98 Å². The Balaban J connectivity index is 0.000000194. The summed E-state index contributed by atoms with van der Waals surface area (Å²) in [7, 11) is 0. The van der Waals surface area contributed by atoms with E-state index in [1.54, 1.807) is 0 Å². The topological polar surface area (TPSA) is 25.8 Å². The van der Waals surface area contributed by atoms with Crippen LogP contribution in [0.5, 0.6) is 0 Å². The van der Waals surface area contributed by atoms with Gasteiger partial charge in [0, 0.05) is 26.3 Å². The number of aromatic nitrogens is 2. The quantitative estimate of drug-likeness (QED) is 0.101. The Morgan fingerprint density at radius 2 is 1.23 bits per heavy atom. The first-order chi connectivity index (χ1) is 20.8. The molecule has 0 aliphatic carbocycles. The molecule has 0 aliphatic heterocycles. The van der Waals surface area contributed by atoms with Crippen LogP contribution in [0.4, 0.5) is 0 Å². The normalized spacial score (nSPS) is 11.3. The minimum Gasteiger partial charge on any atom is 0 e. The van der Waals surface area contributed by atoms with Crippen LogP contribution in [0.3, 0.4) is 0 Å². The summed E-state index contributed by atoms with van der Waals surface area (Å²) in [6.07, 6.45) is 3.94. The van der Waals surface area contributed by atoms with E-state index in [0.29, 0.717) is 5.92 Å². The third-order valence-electron chi connectivity index (χ3n) is 8.02. The molecule has 0 aliphatic rings. The summed E-state index contributed by atoms with van der Waals surface area (Å²) in [6, 6.07) is 44.9. The minimum absolute atomic E-state index is 0. The number of benzene rings is 5. The zero-order chi connectivity index (χ0) is 30.0. The molecule has 1 radical (unpaired) electrons. The van der Waals surface area contributed by atoms with Crippen LogP contribution in [-0.4, -0.2) is 23.2 Å². The van der Waals surface area contributed by atoms with Crippen molar-refractivity contribution < 1.29 is 20.1 Å². The van der Waals surface area contributed by atoms with E-state index >= 15 is 0 Å². The van der Waals surface area contributed by atoms with Crippen molar-refractivity contribution >= 4 is 50.0 Å². The third-order valence-corrected chi connectivity index (χ3v) is 12.3. The zero-order valence-corrected chi connectivity index (χ0v) is 30.3. The zero-order valence-electron chi connectivity index (χ0n) is 25.9. The number of nitrogens with zero attached hydrogens (tertiary/aromatic N) is 2. The monoisotopic (exact) mass is 811 g/mol. The fourth-order valence-corrected chi connectivity index (χ4v) is 7.67. The fourth-order valence-electron chi connectivity index (χ4n) is 5.49. The van der Waals surface area contributed by atoms with Gasteiger partial charge in [0.05, 0.1) is 0 Å². The van der Waals surface area contributed by atoms with Crippen LogP contribution < -0.4 is 4.40 Å². The van der Waals surface area contributed by atoms with Crippen molar-refractivity contribution in [2.24, 2.45) is 0 Å². The number of pyridine rings is 2. The second-order valence-corrected chi connectivity index (χ2v) is 23.0. The van der Waals surface area contributed by atoms with E-state index in [1.165, 1.54) is 42.3 Å². The Morgan fingerprint density at radius 1 is 0.591 bits per heavy atom. The summed E-state index contributed by atoms with van der Waals surface area (Å²) < 4.78 is 1.44. The standard InChI is InChI=1S/C26H20N.C14H16GeN.Ir/c1-17(2)18-13-14-27-26(16-18)19-11-12-24-22-9-4-3-7-20(22)21-8-5-6-10-23(21)25(24)15-19;1-15(2,3)13-9-10-14(16-11-13)12-7-5-4-6-8-12;/h3-10,12-17H,1-2H3;4-7,9-11H,1-3H3;/q2*-1;. The van der Waals surface area contributed by atoms with Crippen LogP contribution in [0.25, 0.3) is 54.8 Å². The Morgan fingerprint density at radius 3 is 1.80 bits per heavy atom. The molecule has 5 aromatic carbocycles. The summed E-state index contributed by atoms with van der Waals surface area (Å²) in [4.78, 5) is 9.14. The van der Waals surface area contributed by atoms with Gasteiger partial charge in [-0.05, 0) is 33.8 Å². The maximum Gasteiger partial charge on any atom is 0 e. The first kappa shape index (κ1) is 31.8. The Bertz CT molecular complexity index is 1990. The van der Waals surface area contributed by atoms with Gasteiger partial charge >= 0.3 is 99.8 Å². The number of rotatable bonds is 4. The molecular formula is C40H36GeIrN2-2. The third kappa shape index (κ3) is 6.71. The van der Waals surface area contributed by atoms with Crippen molar-refractivity contribution in [3.8, 4) is 22.5 Å². The average Bonchev–Trinajstić information content (AvgIpc) is 3.05. The Labute approximate surface area is 277 Å². The van der Waals surface area contributed by atoms with Gasteiger partial charge in [0.1, 0.15) is 0 Å². The molecule has 0 unspecified atom stereocenters.